The van der Waals surface area contributed by atoms with Crippen LogP contribution in [-0.4, -0.2) is 31.2 Å². The molecule has 2 rings (SSSR count). The van der Waals surface area contributed by atoms with E-state index < -0.39 is 0 Å². The standard InChI is InChI=1S/C13H17N5O/c1-18(2)10-6-4-5-9(7-10)17-12-11(14)13(19-3)16-8-15-12/h4-8H,14H2,1-3H3,(H,15,16,17). The fourth-order valence-corrected chi connectivity index (χ4v) is 1.64. The molecule has 0 aliphatic rings. The van der Waals surface area contributed by atoms with E-state index in [-0.39, 0.29) is 0 Å². The lowest BCUT2D eigenvalue weighted by atomic mass is 10.2. The van der Waals surface area contributed by atoms with Crippen molar-refractivity contribution in [3.05, 3.63) is 30.6 Å². The quantitative estimate of drug-likeness (QED) is 0.873. The van der Waals surface area contributed by atoms with Crippen molar-refractivity contribution in [2.75, 3.05) is 37.2 Å². The fourth-order valence-electron chi connectivity index (χ4n) is 1.64. The fraction of sp³-hybridized carbons (Fsp3) is 0.231. The maximum atomic E-state index is 5.92. The number of anilines is 4. The van der Waals surface area contributed by atoms with Crippen LogP contribution in [0.5, 0.6) is 5.88 Å². The smallest absolute Gasteiger partial charge is 0.242 e. The van der Waals surface area contributed by atoms with Crippen molar-refractivity contribution in [2.24, 2.45) is 0 Å². The zero-order valence-corrected chi connectivity index (χ0v) is 11.2. The van der Waals surface area contributed by atoms with Gasteiger partial charge in [-0.15, -0.1) is 0 Å². The van der Waals surface area contributed by atoms with Gasteiger partial charge in [-0.2, -0.15) is 4.98 Å². The molecular formula is C13H17N5O. The summed E-state index contributed by atoms with van der Waals surface area (Å²) in [5.74, 6) is 0.893. The van der Waals surface area contributed by atoms with Gasteiger partial charge in [-0.1, -0.05) is 6.07 Å². The summed E-state index contributed by atoms with van der Waals surface area (Å²) in [6.07, 6.45) is 1.41. The van der Waals surface area contributed by atoms with Crippen LogP contribution < -0.4 is 20.7 Å². The van der Waals surface area contributed by atoms with Crippen LogP contribution in [-0.2, 0) is 0 Å². The first-order chi connectivity index (χ1) is 9.11. The summed E-state index contributed by atoms with van der Waals surface area (Å²) in [6.45, 7) is 0. The summed E-state index contributed by atoms with van der Waals surface area (Å²) in [5, 5.41) is 3.16. The molecule has 0 aliphatic heterocycles. The average molecular weight is 259 g/mol. The number of nitrogen functional groups attached to an aromatic ring is 1. The van der Waals surface area contributed by atoms with Crippen molar-refractivity contribution in [2.45, 2.75) is 0 Å². The Morgan fingerprint density at radius 2 is 2.05 bits per heavy atom. The molecule has 19 heavy (non-hydrogen) atoms. The van der Waals surface area contributed by atoms with Crippen molar-refractivity contribution in [3.63, 3.8) is 0 Å². The van der Waals surface area contributed by atoms with E-state index in [9.17, 15) is 0 Å². The third-order valence-electron chi connectivity index (χ3n) is 2.67. The highest BCUT2D eigenvalue weighted by molar-refractivity contribution is 5.73. The summed E-state index contributed by atoms with van der Waals surface area (Å²) in [4.78, 5) is 10.1. The van der Waals surface area contributed by atoms with Crippen molar-refractivity contribution < 1.29 is 4.74 Å². The third-order valence-corrected chi connectivity index (χ3v) is 2.67. The number of nitrogens with two attached hydrogens (primary N) is 1. The van der Waals surface area contributed by atoms with E-state index in [0.717, 1.165) is 11.4 Å². The van der Waals surface area contributed by atoms with E-state index >= 15 is 0 Å². The Labute approximate surface area is 112 Å². The van der Waals surface area contributed by atoms with Gasteiger partial charge >= 0.3 is 0 Å². The van der Waals surface area contributed by atoms with Gasteiger partial charge in [-0.25, -0.2) is 4.98 Å². The van der Waals surface area contributed by atoms with Crippen molar-refractivity contribution >= 4 is 22.9 Å². The van der Waals surface area contributed by atoms with Crippen LogP contribution in [0.1, 0.15) is 0 Å². The summed E-state index contributed by atoms with van der Waals surface area (Å²) in [5.41, 5.74) is 8.29. The Bertz CT molecular complexity index is 571. The molecule has 0 unspecified atom stereocenters. The van der Waals surface area contributed by atoms with Crippen LogP contribution in [0, 0.1) is 0 Å². The van der Waals surface area contributed by atoms with Gasteiger partial charge < -0.3 is 20.7 Å². The van der Waals surface area contributed by atoms with Crippen LogP contribution in [0.15, 0.2) is 30.6 Å². The number of hydrogen-bond donors (Lipinski definition) is 2. The molecule has 0 bridgehead atoms. The summed E-state index contributed by atoms with van der Waals surface area (Å²) in [7, 11) is 5.50. The van der Waals surface area contributed by atoms with Gasteiger partial charge in [0.2, 0.25) is 5.88 Å². The number of nitrogens with zero attached hydrogens (tertiary/aromatic N) is 3. The van der Waals surface area contributed by atoms with E-state index in [1.54, 1.807) is 0 Å². The number of nitrogens with one attached hydrogen (secondary N) is 1. The predicted molar refractivity (Wildman–Crippen MR) is 77.0 cm³/mol. The van der Waals surface area contributed by atoms with Gasteiger partial charge in [-0.05, 0) is 18.2 Å². The zero-order chi connectivity index (χ0) is 13.8. The molecule has 100 valence electrons. The Morgan fingerprint density at radius 1 is 1.26 bits per heavy atom. The minimum absolute atomic E-state index is 0.362. The molecular weight excluding hydrogens is 242 g/mol. The van der Waals surface area contributed by atoms with Crippen LogP contribution in [0.4, 0.5) is 22.9 Å². The number of aromatic nitrogens is 2. The lowest BCUT2D eigenvalue weighted by molar-refractivity contribution is 0.399. The monoisotopic (exact) mass is 259 g/mol. The SMILES string of the molecule is COc1ncnc(Nc2cccc(N(C)C)c2)c1N. The molecule has 0 amide bonds. The molecule has 3 N–H and O–H groups in total. The molecule has 2 aromatic rings. The van der Waals surface area contributed by atoms with E-state index in [4.69, 9.17) is 10.5 Å². The number of methoxy groups -OCH3 is 1. The maximum Gasteiger partial charge on any atom is 0.242 e. The van der Waals surface area contributed by atoms with Crippen LogP contribution >= 0.6 is 0 Å². The minimum Gasteiger partial charge on any atom is -0.479 e. The Hall–Kier alpha value is -2.50. The van der Waals surface area contributed by atoms with E-state index in [0.29, 0.717) is 17.4 Å². The van der Waals surface area contributed by atoms with Gasteiger partial charge in [0.05, 0.1) is 7.11 Å². The van der Waals surface area contributed by atoms with Crippen LogP contribution in [0.2, 0.25) is 0 Å². The van der Waals surface area contributed by atoms with Crippen LogP contribution in [0.25, 0.3) is 0 Å². The first-order valence-corrected chi connectivity index (χ1v) is 5.80. The topological polar surface area (TPSA) is 76.3 Å². The highest BCUT2D eigenvalue weighted by atomic mass is 16.5. The van der Waals surface area contributed by atoms with Gasteiger partial charge in [-0.3, -0.25) is 0 Å². The molecule has 6 nitrogen and oxygen atoms in total. The van der Waals surface area contributed by atoms with Gasteiger partial charge in [0.1, 0.15) is 12.0 Å². The first-order valence-electron chi connectivity index (χ1n) is 5.80. The van der Waals surface area contributed by atoms with Crippen LogP contribution in [0.3, 0.4) is 0 Å². The van der Waals surface area contributed by atoms with E-state index in [2.05, 4.69) is 15.3 Å². The van der Waals surface area contributed by atoms with E-state index in [1.165, 1.54) is 13.4 Å². The second-order valence-corrected chi connectivity index (χ2v) is 4.21. The largest absolute Gasteiger partial charge is 0.479 e. The van der Waals surface area contributed by atoms with Gasteiger partial charge in [0.15, 0.2) is 5.82 Å². The van der Waals surface area contributed by atoms with Gasteiger partial charge in [0.25, 0.3) is 0 Å². The molecule has 0 spiro atoms. The molecule has 6 heteroatoms. The maximum absolute atomic E-state index is 5.92. The lowest BCUT2D eigenvalue weighted by Crippen LogP contribution is -2.09. The third kappa shape index (κ3) is 2.85. The minimum atomic E-state index is 0.362. The molecule has 0 fully saturated rings. The first kappa shape index (κ1) is 12.9. The highest BCUT2D eigenvalue weighted by Crippen LogP contribution is 2.28. The van der Waals surface area contributed by atoms with Crippen molar-refractivity contribution in [1.29, 1.82) is 0 Å². The number of rotatable bonds is 4. The predicted octanol–water partition coefficient (Wildman–Crippen LogP) is 1.88. The molecule has 1 aromatic heterocycles. The second-order valence-electron chi connectivity index (χ2n) is 4.21. The summed E-state index contributed by atoms with van der Waals surface area (Å²) in [6, 6.07) is 7.94. The molecule has 0 saturated heterocycles. The lowest BCUT2D eigenvalue weighted by Gasteiger charge is -2.15. The molecule has 1 aromatic carbocycles. The summed E-state index contributed by atoms with van der Waals surface area (Å²) >= 11 is 0. The Balaban J connectivity index is 2.28. The van der Waals surface area contributed by atoms with Gasteiger partial charge in [0, 0.05) is 25.5 Å². The normalized spacial score (nSPS) is 10.1. The Morgan fingerprint density at radius 3 is 2.74 bits per heavy atom. The number of hydrogen-bond acceptors (Lipinski definition) is 6. The Kier molecular flexibility index (Phi) is 3.70. The van der Waals surface area contributed by atoms with Crippen molar-refractivity contribution in [1.82, 2.24) is 9.97 Å². The molecule has 0 atom stereocenters. The van der Waals surface area contributed by atoms with E-state index in [1.807, 2.05) is 43.3 Å². The average Bonchev–Trinajstić information content (AvgIpc) is 2.41. The molecule has 0 saturated carbocycles. The molecule has 1 heterocycles. The molecule has 0 aliphatic carbocycles. The molecule has 0 radical (unpaired) electrons. The zero-order valence-electron chi connectivity index (χ0n) is 11.2. The summed E-state index contributed by atoms with van der Waals surface area (Å²) < 4.78 is 5.06. The second kappa shape index (κ2) is 5.43. The number of benzene rings is 1. The number of ether oxygens (including phenoxy) is 1. The van der Waals surface area contributed by atoms with Crippen molar-refractivity contribution in [3.8, 4) is 5.88 Å². The highest BCUT2D eigenvalue weighted by Gasteiger charge is 2.08.